The smallest absolute Gasteiger partial charge is 0.419 e. The van der Waals surface area contributed by atoms with E-state index in [1.165, 1.54) is 11.0 Å². The van der Waals surface area contributed by atoms with Crippen LogP contribution in [0.15, 0.2) is 45.6 Å². The summed E-state index contributed by atoms with van der Waals surface area (Å²) in [5, 5.41) is 8.04. The largest absolute Gasteiger partial charge is 0.459 e. The van der Waals surface area contributed by atoms with Gasteiger partial charge in [-0.2, -0.15) is 13.2 Å². The van der Waals surface area contributed by atoms with Gasteiger partial charge in [-0.3, -0.25) is 4.90 Å². The van der Waals surface area contributed by atoms with Gasteiger partial charge in [0.1, 0.15) is 32.4 Å². The number of nitrogens with zero attached hydrogens (tertiary/aromatic N) is 3. The summed E-state index contributed by atoms with van der Waals surface area (Å²) in [5.74, 6) is 2.10. The van der Waals surface area contributed by atoms with Crippen molar-refractivity contribution in [3.05, 3.63) is 48.2 Å². The van der Waals surface area contributed by atoms with Gasteiger partial charge in [0.25, 0.3) is 17.6 Å². The van der Waals surface area contributed by atoms with Gasteiger partial charge in [-0.05, 0) is 18.2 Å². The minimum atomic E-state index is -4.34. The first-order valence-electron chi connectivity index (χ1n) is 8.53. The maximum Gasteiger partial charge on any atom is 0.419 e. The fraction of sp³-hybridized carbons (Fsp3) is 0.353. The molecule has 7 nitrogen and oxygen atoms in total. The third-order valence-corrected chi connectivity index (χ3v) is 4.53. The number of hydrogen-bond donors (Lipinski definition) is 1. The van der Waals surface area contributed by atoms with Crippen molar-refractivity contribution in [3.8, 4) is 11.7 Å². The van der Waals surface area contributed by atoms with Gasteiger partial charge in [0.05, 0.1) is 11.8 Å². The summed E-state index contributed by atoms with van der Waals surface area (Å²) in [6.07, 6.45) is -1.79. The third kappa shape index (κ3) is 3.95. The number of furan rings is 1. The van der Waals surface area contributed by atoms with Gasteiger partial charge in [0.2, 0.25) is 0 Å². The number of aromatic amines is 1. The van der Waals surface area contributed by atoms with E-state index in [0.29, 0.717) is 29.9 Å². The van der Waals surface area contributed by atoms with Crippen LogP contribution in [0.1, 0.15) is 11.5 Å². The molecule has 27 heavy (non-hydrogen) atoms. The Hall–Kier alpha value is -2.88. The highest BCUT2D eigenvalue weighted by molar-refractivity contribution is 5.42. The van der Waals surface area contributed by atoms with Gasteiger partial charge < -0.3 is 13.7 Å². The predicted molar refractivity (Wildman–Crippen MR) is 86.6 cm³/mol. The number of anilines is 1. The van der Waals surface area contributed by atoms with Crippen LogP contribution in [0.3, 0.4) is 0 Å². The maximum atomic E-state index is 12.6. The van der Waals surface area contributed by atoms with Crippen LogP contribution >= 0.6 is 0 Å². The van der Waals surface area contributed by atoms with E-state index in [9.17, 15) is 13.2 Å². The normalized spacial score (nSPS) is 16.0. The van der Waals surface area contributed by atoms with Crippen LogP contribution in [-0.2, 0) is 12.7 Å². The summed E-state index contributed by atoms with van der Waals surface area (Å²) in [6.45, 7) is 3.66. The van der Waals surface area contributed by atoms with Crippen molar-refractivity contribution in [2.75, 3.05) is 31.1 Å². The molecule has 4 heterocycles. The van der Waals surface area contributed by atoms with Crippen LogP contribution in [0.5, 0.6) is 0 Å². The summed E-state index contributed by atoms with van der Waals surface area (Å²) in [7, 11) is 0. The summed E-state index contributed by atoms with van der Waals surface area (Å²) in [6, 6.07) is 6.08. The van der Waals surface area contributed by atoms with E-state index in [2.05, 4.69) is 15.2 Å². The third-order valence-electron chi connectivity index (χ3n) is 4.53. The highest BCUT2D eigenvalue weighted by Gasteiger charge is 2.33. The fourth-order valence-electron chi connectivity index (χ4n) is 3.07. The van der Waals surface area contributed by atoms with E-state index in [1.807, 2.05) is 4.90 Å². The number of nitrogens with one attached hydrogen (secondary N) is 2. The number of pyridine rings is 1. The lowest BCUT2D eigenvalue weighted by Crippen LogP contribution is -3.13. The molecule has 1 aliphatic rings. The van der Waals surface area contributed by atoms with Gasteiger partial charge >= 0.3 is 6.18 Å². The van der Waals surface area contributed by atoms with Crippen LogP contribution in [0.4, 0.5) is 19.0 Å². The van der Waals surface area contributed by atoms with Gasteiger partial charge in [-0.25, -0.2) is 4.98 Å². The van der Waals surface area contributed by atoms with Crippen LogP contribution in [0.25, 0.3) is 11.7 Å². The second-order valence-electron chi connectivity index (χ2n) is 6.35. The van der Waals surface area contributed by atoms with Gasteiger partial charge in [-0.1, -0.05) is 0 Å². The summed E-state index contributed by atoms with van der Waals surface area (Å²) >= 11 is 0. The molecule has 0 bridgehead atoms. The van der Waals surface area contributed by atoms with E-state index in [-0.39, 0.29) is 0 Å². The summed E-state index contributed by atoms with van der Waals surface area (Å²) in [5.41, 5.74) is -0.681. The molecular formula is C17H18F3N5O2+2. The quantitative estimate of drug-likeness (QED) is 0.732. The molecule has 0 unspecified atom stereocenters. The number of halogens is 3. The number of rotatable bonds is 4. The van der Waals surface area contributed by atoms with Gasteiger partial charge in [-0.15, -0.1) is 10.2 Å². The number of piperazine rings is 1. The first-order chi connectivity index (χ1) is 13.0. The summed E-state index contributed by atoms with van der Waals surface area (Å²) in [4.78, 5) is 6.05. The molecule has 142 valence electrons. The Morgan fingerprint density at radius 3 is 2.59 bits per heavy atom. The Kier molecular flexibility index (Phi) is 4.56. The SMILES string of the molecule is FC(F)(F)c1ccc(N2CC[NH+](Cc3nnc(-c4ccco4)o3)CC2)[nH+]c1. The molecule has 2 N–H and O–H groups in total. The molecule has 1 fully saturated rings. The summed E-state index contributed by atoms with van der Waals surface area (Å²) < 4.78 is 48.8. The van der Waals surface area contributed by atoms with E-state index in [0.717, 1.165) is 38.4 Å². The average Bonchev–Trinajstić information content (AvgIpc) is 3.33. The first kappa shape index (κ1) is 17.5. The molecule has 3 aromatic rings. The lowest BCUT2D eigenvalue weighted by molar-refractivity contribution is -0.915. The highest BCUT2D eigenvalue weighted by Crippen LogP contribution is 2.28. The Balaban J connectivity index is 1.33. The Morgan fingerprint density at radius 2 is 1.96 bits per heavy atom. The minimum Gasteiger partial charge on any atom is -0.459 e. The number of alkyl halides is 3. The van der Waals surface area contributed by atoms with Crippen molar-refractivity contribution in [2.45, 2.75) is 12.7 Å². The fourth-order valence-corrected chi connectivity index (χ4v) is 3.07. The van der Waals surface area contributed by atoms with Crippen molar-refractivity contribution in [2.24, 2.45) is 0 Å². The monoisotopic (exact) mass is 381 g/mol. The second-order valence-corrected chi connectivity index (χ2v) is 6.35. The topological polar surface area (TPSA) is 73.9 Å². The first-order valence-corrected chi connectivity index (χ1v) is 8.53. The van der Waals surface area contributed by atoms with Crippen molar-refractivity contribution in [3.63, 3.8) is 0 Å². The molecule has 0 spiro atoms. The number of quaternary nitrogens is 1. The van der Waals surface area contributed by atoms with Crippen molar-refractivity contribution in [1.29, 1.82) is 0 Å². The molecule has 1 aliphatic heterocycles. The molecule has 0 amide bonds. The molecule has 4 rings (SSSR count). The van der Waals surface area contributed by atoms with Crippen LogP contribution in [0, 0.1) is 0 Å². The van der Waals surface area contributed by atoms with E-state index in [4.69, 9.17) is 8.83 Å². The van der Waals surface area contributed by atoms with Crippen LogP contribution in [0.2, 0.25) is 0 Å². The van der Waals surface area contributed by atoms with E-state index < -0.39 is 11.7 Å². The molecule has 0 atom stereocenters. The van der Waals surface area contributed by atoms with Crippen molar-refractivity contribution >= 4 is 5.82 Å². The zero-order chi connectivity index (χ0) is 18.9. The second kappa shape index (κ2) is 7.03. The molecule has 3 aromatic heterocycles. The van der Waals surface area contributed by atoms with Crippen molar-refractivity contribution in [1.82, 2.24) is 10.2 Å². The Bertz CT molecular complexity index is 869. The minimum absolute atomic E-state index is 0.354. The maximum absolute atomic E-state index is 12.6. The number of hydrogen-bond acceptors (Lipinski definition) is 5. The van der Waals surface area contributed by atoms with Crippen molar-refractivity contribution < 1.29 is 31.9 Å². The highest BCUT2D eigenvalue weighted by atomic mass is 19.4. The molecule has 10 heteroatoms. The lowest BCUT2D eigenvalue weighted by atomic mass is 10.2. The molecular weight excluding hydrogens is 363 g/mol. The molecule has 1 saturated heterocycles. The van der Waals surface area contributed by atoms with Gasteiger partial charge in [0.15, 0.2) is 12.3 Å². The van der Waals surface area contributed by atoms with Crippen LogP contribution in [-0.4, -0.2) is 36.4 Å². The van der Waals surface area contributed by atoms with E-state index in [1.54, 1.807) is 18.4 Å². The van der Waals surface area contributed by atoms with E-state index >= 15 is 0 Å². The van der Waals surface area contributed by atoms with Gasteiger partial charge in [0, 0.05) is 6.07 Å². The Morgan fingerprint density at radius 1 is 1.15 bits per heavy atom. The number of H-pyrrole nitrogens is 1. The molecule has 0 aromatic carbocycles. The molecule has 0 aliphatic carbocycles. The Labute approximate surface area is 152 Å². The molecule has 0 radical (unpaired) electrons. The lowest BCUT2D eigenvalue weighted by Gasteiger charge is -2.27. The predicted octanol–water partition coefficient (Wildman–Crippen LogP) is 1.07. The zero-order valence-corrected chi connectivity index (χ0v) is 14.3. The number of aromatic nitrogens is 3. The molecule has 0 saturated carbocycles. The zero-order valence-electron chi connectivity index (χ0n) is 14.3. The standard InChI is InChI=1S/C17H16F3N5O2/c18-17(19,20)12-3-4-14(21-10-12)25-7-5-24(6-8-25)11-15-22-23-16(27-15)13-2-1-9-26-13/h1-4,9-10H,5-8,11H2/p+2. The van der Waals surface area contributed by atoms with Crippen LogP contribution < -0.4 is 14.8 Å². The average molecular weight is 381 g/mol.